The van der Waals surface area contributed by atoms with Crippen LogP contribution in [0.3, 0.4) is 0 Å². The zero-order valence-corrected chi connectivity index (χ0v) is 22.1. The molecule has 4 aliphatic carbocycles. The highest BCUT2D eigenvalue weighted by Crippen LogP contribution is 2.57. The number of nitrogens with zero attached hydrogens (tertiary/aromatic N) is 1. The molecule has 6 unspecified atom stereocenters. The number of aromatic hydroxyl groups is 1. The van der Waals surface area contributed by atoms with E-state index in [4.69, 9.17) is 15.2 Å². The number of methoxy groups -OCH3 is 1. The van der Waals surface area contributed by atoms with Crippen LogP contribution in [-0.2, 0) is 23.9 Å². The number of amides is 1. The highest BCUT2D eigenvalue weighted by atomic mass is 16.5. The van der Waals surface area contributed by atoms with Crippen molar-refractivity contribution in [2.75, 3.05) is 27.8 Å². The van der Waals surface area contributed by atoms with Crippen LogP contribution in [0.15, 0.2) is 35.1 Å². The van der Waals surface area contributed by atoms with Crippen molar-refractivity contribution >= 4 is 23.2 Å². The van der Waals surface area contributed by atoms with Gasteiger partial charge in [0, 0.05) is 24.5 Å². The Labute approximate surface area is 225 Å². The topological polar surface area (TPSA) is 180 Å². The molecule has 6 N–H and O–H groups in total. The van der Waals surface area contributed by atoms with Crippen LogP contribution in [0.1, 0.15) is 42.7 Å². The number of ketones is 2. The summed E-state index contributed by atoms with van der Waals surface area (Å²) < 4.78 is 12.2. The highest BCUT2D eigenvalue weighted by Gasteiger charge is 2.69. The molecular weight excluding hydrogens is 508 g/mol. The first-order valence-corrected chi connectivity index (χ1v) is 13.1. The molecule has 11 heteroatoms. The van der Waals surface area contributed by atoms with E-state index in [1.807, 2.05) is 0 Å². The van der Waals surface area contributed by atoms with Crippen LogP contribution in [0, 0.1) is 11.8 Å². The number of phenolic OH excluding ortho intramolecular Hbond substituents is 1. The maximum Gasteiger partial charge on any atom is 0.255 e. The summed E-state index contributed by atoms with van der Waals surface area (Å²) in [5.41, 5.74) is 1.98. The number of aliphatic hydroxyl groups is 3. The van der Waals surface area contributed by atoms with Crippen LogP contribution < -0.4 is 5.73 Å². The molecule has 39 heavy (non-hydrogen) atoms. The number of Topliss-reactive ketones (excluding diaryl/α,β-unsaturated/α-hetero) is 2. The zero-order valence-electron chi connectivity index (χ0n) is 22.1. The molecule has 0 saturated heterocycles. The van der Waals surface area contributed by atoms with Crippen molar-refractivity contribution in [2.45, 2.75) is 55.5 Å². The van der Waals surface area contributed by atoms with Crippen LogP contribution in [-0.4, -0.2) is 94.5 Å². The Balaban J connectivity index is 1.76. The van der Waals surface area contributed by atoms with E-state index in [1.165, 1.54) is 18.1 Å². The second-order valence-electron chi connectivity index (χ2n) is 11.1. The van der Waals surface area contributed by atoms with Crippen molar-refractivity contribution in [2.24, 2.45) is 17.6 Å². The first-order chi connectivity index (χ1) is 18.5. The Bertz CT molecular complexity index is 1300. The normalized spacial score (nSPS) is 32.9. The number of carbonyl (C=O) groups is 3. The Morgan fingerprint density at radius 2 is 1.82 bits per heavy atom. The first-order valence-electron chi connectivity index (χ1n) is 13.1. The molecule has 5 rings (SSSR count). The molecule has 0 bridgehead atoms. The van der Waals surface area contributed by atoms with E-state index in [0.717, 1.165) is 25.7 Å². The summed E-state index contributed by atoms with van der Waals surface area (Å²) in [5.74, 6) is -8.16. The molecule has 210 valence electrons. The molecule has 1 aromatic carbocycles. The van der Waals surface area contributed by atoms with Crippen LogP contribution in [0.4, 0.5) is 0 Å². The van der Waals surface area contributed by atoms with Gasteiger partial charge in [-0.15, -0.1) is 0 Å². The van der Waals surface area contributed by atoms with E-state index in [-0.39, 0.29) is 29.6 Å². The van der Waals surface area contributed by atoms with Crippen molar-refractivity contribution in [3.8, 4) is 5.75 Å². The quantitative estimate of drug-likeness (QED) is 0.327. The van der Waals surface area contributed by atoms with Gasteiger partial charge in [0.15, 0.2) is 11.4 Å². The monoisotopic (exact) mass is 542 g/mol. The van der Waals surface area contributed by atoms with E-state index in [0.29, 0.717) is 5.56 Å². The minimum atomic E-state index is -2.81. The van der Waals surface area contributed by atoms with E-state index in [2.05, 4.69) is 0 Å². The van der Waals surface area contributed by atoms with E-state index < -0.39 is 70.1 Å². The summed E-state index contributed by atoms with van der Waals surface area (Å²) in [4.78, 5) is 41.4. The summed E-state index contributed by atoms with van der Waals surface area (Å²) in [6.07, 6.45) is 2.76. The van der Waals surface area contributed by atoms with Gasteiger partial charge in [-0.2, -0.15) is 0 Å². The van der Waals surface area contributed by atoms with Gasteiger partial charge in [0.25, 0.3) is 5.91 Å². The molecule has 11 nitrogen and oxygen atoms in total. The summed E-state index contributed by atoms with van der Waals surface area (Å²) in [6, 6.07) is 3.44. The molecule has 0 spiro atoms. The maximum absolute atomic E-state index is 14.2. The Morgan fingerprint density at radius 3 is 2.41 bits per heavy atom. The number of rotatable bonds is 6. The molecule has 2 fully saturated rings. The fourth-order valence-electron chi connectivity index (χ4n) is 7.15. The van der Waals surface area contributed by atoms with E-state index in [9.17, 15) is 34.8 Å². The summed E-state index contributed by atoms with van der Waals surface area (Å²) in [5, 5.41) is 45.3. The summed E-state index contributed by atoms with van der Waals surface area (Å²) in [7, 11) is 4.43. The lowest BCUT2D eigenvalue weighted by Crippen LogP contribution is -2.71. The Morgan fingerprint density at radius 1 is 1.15 bits per heavy atom. The maximum atomic E-state index is 14.2. The van der Waals surface area contributed by atoms with Gasteiger partial charge in [-0.25, -0.2) is 0 Å². The van der Waals surface area contributed by atoms with Gasteiger partial charge in [-0.1, -0.05) is 25.0 Å². The molecule has 0 heterocycles. The van der Waals surface area contributed by atoms with E-state index in [1.54, 1.807) is 26.2 Å². The highest BCUT2D eigenvalue weighted by molar-refractivity contribution is 6.24. The fourth-order valence-corrected chi connectivity index (χ4v) is 7.15. The van der Waals surface area contributed by atoms with Gasteiger partial charge in [-0.05, 0) is 38.6 Å². The van der Waals surface area contributed by atoms with Crippen molar-refractivity contribution in [3.63, 3.8) is 0 Å². The minimum Gasteiger partial charge on any atom is -0.508 e. The SMILES string of the molecule is COC1C2C(=C(O)c3c(O)cccc3C2COC2CCCC2)C(=O)C2(O)C(O)=C(C(N)=O)C(=O)C(N(C)C)C12. The predicted octanol–water partition coefficient (Wildman–Crippen LogP) is 1.09. The summed E-state index contributed by atoms with van der Waals surface area (Å²) >= 11 is 0. The largest absolute Gasteiger partial charge is 0.508 e. The third-order valence-electron chi connectivity index (χ3n) is 8.86. The smallest absolute Gasteiger partial charge is 0.255 e. The first kappa shape index (κ1) is 27.3. The van der Waals surface area contributed by atoms with Gasteiger partial charge < -0.3 is 35.6 Å². The second-order valence-corrected chi connectivity index (χ2v) is 11.1. The average Bonchev–Trinajstić information content (AvgIpc) is 3.39. The lowest BCUT2D eigenvalue weighted by molar-refractivity contribution is -0.174. The number of benzene rings is 1. The van der Waals surface area contributed by atoms with Crippen LogP contribution >= 0.6 is 0 Å². The number of hydrogen-bond donors (Lipinski definition) is 5. The summed E-state index contributed by atoms with van der Waals surface area (Å²) in [6.45, 7) is 0.121. The molecule has 0 aliphatic heterocycles. The minimum absolute atomic E-state index is 0.0156. The number of ether oxygens (including phenoxy) is 2. The molecule has 1 amide bonds. The molecule has 0 aromatic heterocycles. The lowest BCUT2D eigenvalue weighted by Gasteiger charge is -2.55. The van der Waals surface area contributed by atoms with Gasteiger partial charge in [0.05, 0.1) is 36.3 Å². The number of aliphatic hydroxyl groups excluding tert-OH is 2. The molecule has 6 atom stereocenters. The Hall–Kier alpha value is -3.25. The van der Waals surface area contributed by atoms with Gasteiger partial charge >= 0.3 is 0 Å². The number of primary amides is 1. The zero-order chi connectivity index (χ0) is 28.4. The van der Waals surface area contributed by atoms with Crippen molar-refractivity contribution < 1.29 is 44.3 Å². The molecule has 0 radical (unpaired) electrons. The number of carbonyl (C=O) groups excluding carboxylic acids is 3. The van der Waals surface area contributed by atoms with Crippen molar-refractivity contribution in [1.82, 2.24) is 4.90 Å². The molecule has 1 aromatic rings. The lowest BCUT2D eigenvalue weighted by atomic mass is 9.54. The van der Waals surface area contributed by atoms with Crippen LogP contribution in [0.25, 0.3) is 5.76 Å². The standard InChI is InChI=1S/C28H34N2O9/c1-30(2)21-20-24(38-3)17-14(11-39-12-7-4-5-8-12)13-9-6-10-15(31)16(13)22(32)18(17)25(34)28(20,37)26(35)19(23(21)33)27(29)36/h6,9-10,12,14,17,20-21,24,31-32,35,37H,4-5,7-8,11H2,1-3H3,(H2,29,36). The third kappa shape index (κ3) is 3.82. The predicted molar refractivity (Wildman–Crippen MR) is 138 cm³/mol. The van der Waals surface area contributed by atoms with Crippen LogP contribution in [0.5, 0.6) is 5.75 Å². The number of hydrogen-bond acceptors (Lipinski definition) is 10. The van der Waals surface area contributed by atoms with Gasteiger partial charge in [0.1, 0.15) is 22.8 Å². The fraction of sp³-hybridized carbons (Fsp3) is 0.536. The van der Waals surface area contributed by atoms with Gasteiger partial charge in [-0.3, -0.25) is 19.3 Å². The van der Waals surface area contributed by atoms with Crippen LogP contribution in [0.2, 0.25) is 0 Å². The molecule has 2 saturated carbocycles. The van der Waals surface area contributed by atoms with Crippen molar-refractivity contribution in [3.05, 3.63) is 46.2 Å². The van der Waals surface area contributed by atoms with Gasteiger partial charge in [0.2, 0.25) is 5.78 Å². The average molecular weight is 543 g/mol. The number of fused-ring (bicyclic) bond motifs is 3. The third-order valence-corrected chi connectivity index (χ3v) is 8.86. The number of nitrogens with two attached hydrogens (primary N) is 1. The molecular formula is C28H34N2O9. The van der Waals surface area contributed by atoms with Crippen molar-refractivity contribution in [1.29, 1.82) is 0 Å². The second kappa shape index (κ2) is 9.74. The molecule has 4 aliphatic rings. The number of phenols is 1. The number of likely N-dealkylation sites (N-methyl/N-ethyl adjacent to an activating group) is 1. The Kier molecular flexibility index (Phi) is 6.82. The van der Waals surface area contributed by atoms with E-state index >= 15 is 0 Å².